The summed E-state index contributed by atoms with van der Waals surface area (Å²) in [7, 11) is 0. The number of benzene rings is 3. The van der Waals surface area contributed by atoms with Gasteiger partial charge in [-0.1, -0.05) is 76.6 Å². The number of fused-ring (bicyclic) bond motifs is 3. The Kier molecular flexibility index (Phi) is 4.58. The third-order valence-electron chi connectivity index (χ3n) is 5.69. The van der Waals surface area contributed by atoms with Crippen molar-refractivity contribution in [3.8, 4) is 28.2 Å². The minimum absolute atomic E-state index is 0.943. The highest BCUT2D eigenvalue weighted by Crippen LogP contribution is 2.34. The molecule has 32 heavy (non-hydrogen) atoms. The van der Waals surface area contributed by atoms with Crippen LogP contribution in [0.4, 0.5) is 0 Å². The van der Waals surface area contributed by atoms with Crippen molar-refractivity contribution in [3.05, 3.63) is 114 Å². The molecular weight excluding hydrogens is 458 g/mol. The highest BCUT2D eigenvalue weighted by atomic mass is 79.9. The van der Waals surface area contributed by atoms with Crippen LogP contribution < -0.4 is 0 Å². The first-order chi connectivity index (χ1) is 15.8. The van der Waals surface area contributed by atoms with Crippen molar-refractivity contribution in [2.45, 2.75) is 0 Å². The van der Waals surface area contributed by atoms with Gasteiger partial charge in [-0.2, -0.15) is 0 Å². The van der Waals surface area contributed by atoms with Crippen LogP contribution in [0.2, 0.25) is 0 Å². The molecule has 0 saturated heterocycles. The number of hydrogen-bond acceptors (Lipinski definition) is 2. The van der Waals surface area contributed by atoms with Gasteiger partial charge in [0.2, 0.25) is 0 Å². The monoisotopic (exact) mass is 475 g/mol. The number of hydrogen-bond donors (Lipinski definition) is 0. The van der Waals surface area contributed by atoms with Gasteiger partial charge in [0.25, 0.3) is 0 Å². The first-order valence-electron chi connectivity index (χ1n) is 10.5. The molecule has 6 aromatic rings. The average Bonchev–Trinajstić information content (AvgIpc) is 3.18. The van der Waals surface area contributed by atoms with Gasteiger partial charge in [0.15, 0.2) is 0 Å². The summed E-state index contributed by atoms with van der Waals surface area (Å²) in [5.41, 5.74) is 8.31. The maximum atomic E-state index is 5.02. The second-order valence-corrected chi connectivity index (χ2v) is 8.61. The molecule has 3 heterocycles. The molecule has 0 saturated carbocycles. The third-order valence-corrected chi connectivity index (χ3v) is 6.18. The van der Waals surface area contributed by atoms with Crippen LogP contribution in [0.25, 0.3) is 50.1 Å². The molecule has 0 amide bonds. The maximum absolute atomic E-state index is 5.02. The molecule has 0 radical (unpaired) electrons. The van der Waals surface area contributed by atoms with E-state index in [1.54, 1.807) is 0 Å². The van der Waals surface area contributed by atoms with Crippen LogP contribution in [0.1, 0.15) is 0 Å². The molecule has 0 atom stereocenters. The number of pyridine rings is 2. The zero-order valence-electron chi connectivity index (χ0n) is 17.1. The fraction of sp³-hybridized carbons (Fsp3) is 0. The molecule has 3 aromatic carbocycles. The van der Waals surface area contributed by atoms with Crippen LogP contribution in [0.5, 0.6) is 0 Å². The first-order valence-corrected chi connectivity index (χ1v) is 11.3. The van der Waals surface area contributed by atoms with Crippen molar-refractivity contribution in [3.63, 3.8) is 0 Å². The highest BCUT2D eigenvalue weighted by Gasteiger charge is 2.16. The van der Waals surface area contributed by atoms with E-state index in [0.29, 0.717) is 0 Å². The molecule has 0 fully saturated rings. The van der Waals surface area contributed by atoms with E-state index in [-0.39, 0.29) is 0 Å². The summed E-state index contributed by atoms with van der Waals surface area (Å²) in [6, 6.07) is 35.5. The fourth-order valence-electron chi connectivity index (χ4n) is 4.24. The quantitative estimate of drug-likeness (QED) is 0.262. The van der Waals surface area contributed by atoms with Crippen molar-refractivity contribution in [2.24, 2.45) is 0 Å². The molecule has 6 rings (SSSR count). The molecule has 0 spiro atoms. The lowest BCUT2D eigenvalue weighted by Gasteiger charge is -2.13. The lowest BCUT2D eigenvalue weighted by atomic mass is 10.1. The molecule has 0 unspecified atom stereocenters. The van der Waals surface area contributed by atoms with Crippen molar-refractivity contribution < 1.29 is 0 Å². The molecule has 3 nitrogen and oxygen atoms in total. The van der Waals surface area contributed by atoms with Gasteiger partial charge in [-0.05, 0) is 42.5 Å². The summed E-state index contributed by atoms with van der Waals surface area (Å²) in [4.78, 5) is 9.72. The van der Waals surface area contributed by atoms with Crippen LogP contribution in [0, 0.1) is 0 Å². The Labute approximate surface area is 194 Å². The lowest BCUT2D eigenvalue weighted by Crippen LogP contribution is -1.98. The number of halogens is 1. The topological polar surface area (TPSA) is 30.7 Å². The Hall–Kier alpha value is -3.76. The van der Waals surface area contributed by atoms with E-state index < -0.39 is 0 Å². The summed E-state index contributed by atoms with van der Waals surface area (Å²) in [5.74, 6) is 0. The molecule has 0 aliphatic heterocycles. The molecule has 3 aromatic heterocycles. The van der Waals surface area contributed by atoms with Crippen LogP contribution in [-0.2, 0) is 0 Å². The van der Waals surface area contributed by atoms with Crippen LogP contribution in [0.3, 0.4) is 0 Å². The van der Waals surface area contributed by atoms with E-state index in [4.69, 9.17) is 9.97 Å². The van der Waals surface area contributed by atoms with Gasteiger partial charge >= 0.3 is 0 Å². The average molecular weight is 476 g/mol. The van der Waals surface area contributed by atoms with E-state index in [1.807, 2.05) is 48.7 Å². The molecule has 152 valence electrons. The van der Waals surface area contributed by atoms with Crippen molar-refractivity contribution >= 4 is 37.9 Å². The molecule has 0 N–H and O–H groups in total. The van der Waals surface area contributed by atoms with Crippen LogP contribution in [0.15, 0.2) is 114 Å². The standard InChI is InChI=1S/C28H18BrN3/c29-21-13-14-26-23(16-21)28-27(12-7-15-30-28)32(26)22-17-24(19-8-3-1-4-9-19)31-25(18-22)20-10-5-2-6-11-20/h1-18H. The third kappa shape index (κ3) is 3.20. The van der Waals surface area contributed by atoms with Gasteiger partial charge in [0.1, 0.15) is 0 Å². The summed E-state index contributed by atoms with van der Waals surface area (Å²) in [6.07, 6.45) is 1.85. The Morgan fingerprint density at radius 1 is 0.625 bits per heavy atom. The maximum Gasteiger partial charge on any atom is 0.0963 e. The smallest absolute Gasteiger partial charge is 0.0963 e. The van der Waals surface area contributed by atoms with Crippen molar-refractivity contribution in [1.29, 1.82) is 0 Å². The zero-order valence-corrected chi connectivity index (χ0v) is 18.7. The van der Waals surface area contributed by atoms with Gasteiger partial charge < -0.3 is 4.57 Å². The molecule has 0 aliphatic rings. The van der Waals surface area contributed by atoms with Crippen LogP contribution >= 0.6 is 15.9 Å². The van der Waals surface area contributed by atoms with E-state index in [9.17, 15) is 0 Å². The van der Waals surface area contributed by atoms with E-state index in [1.165, 1.54) is 0 Å². The van der Waals surface area contributed by atoms with Gasteiger partial charge in [-0.3, -0.25) is 4.98 Å². The molecule has 4 heteroatoms. The minimum atomic E-state index is 0.943. The van der Waals surface area contributed by atoms with E-state index >= 15 is 0 Å². The van der Waals surface area contributed by atoms with Gasteiger partial charge in [0, 0.05) is 27.2 Å². The van der Waals surface area contributed by atoms with Crippen molar-refractivity contribution in [1.82, 2.24) is 14.5 Å². The Morgan fingerprint density at radius 3 is 1.94 bits per heavy atom. The summed E-state index contributed by atoms with van der Waals surface area (Å²) >= 11 is 3.62. The fourth-order valence-corrected chi connectivity index (χ4v) is 4.61. The minimum Gasteiger partial charge on any atom is -0.307 e. The largest absolute Gasteiger partial charge is 0.307 e. The molecule has 0 aliphatic carbocycles. The normalized spacial score (nSPS) is 11.3. The second-order valence-electron chi connectivity index (χ2n) is 7.70. The van der Waals surface area contributed by atoms with Gasteiger partial charge in [0.05, 0.1) is 33.6 Å². The summed E-state index contributed by atoms with van der Waals surface area (Å²) < 4.78 is 3.32. The lowest BCUT2D eigenvalue weighted by molar-refractivity contribution is 1.15. The predicted octanol–water partition coefficient (Wildman–Crippen LogP) is 7.67. The molecular formula is C28H18BrN3. The van der Waals surface area contributed by atoms with Gasteiger partial charge in [-0.15, -0.1) is 0 Å². The zero-order chi connectivity index (χ0) is 21.5. The number of aromatic nitrogens is 3. The van der Waals surface area contributed by atoms with Gasteiger partial charge in [-0.25, -0.2) is 4.98 Å². The van der Waals surface area contributed by atoms with Crippen LogP contribution in [-0.4, -0.2) is 14.5 Å². The van der Waals surface area contributed by atoms with E-state index in [2.05, 4.69) is 81.2 Å². The Bertz CT molecular complexity index is 1510. The predicted molar refractivity (Wildman–Crippen MR) is 135 cm³/mol. The second kappa shape index (κ2) is 7.74. The van der Waals surface area contributed by atoms with Crippen molar-refractivity contribution in [2.75, 3.05) is 0 Å². The number of nitrogens with zero attached hydrogens (tertiary/aromatic N) is 3. The Morgan fingerprint density at radius 2 is 1.28 bits per heavy atom. The first kappa shape index (κ1) is 19.0. The number of rotatable bonds is 3. The van der Waals surface area contributed by atoms with E-state index in [0.717, 1.165) is 54.6 Å². The highest BCUT2D eigenvalue weighted by molar-refractivity contribution is 9.10. The Balaban J connectivity index is 1.70. The summed E-state index contributed by atoms with van der Waals surface area (Å²) in [5, 5.41) is 1.12. The SMILES string of the molecule is Brc1ccc2c(c1)c1ncccc1n2-c1cc(-c2ccccc2)nc(-c2ccccc2)c1. The summed E-state index contributed by atoms with van der Waals surface area (Å²) in [6.45, 7) is 0. The molecule has 0 bridgehead atoms.